The molecule has 1 aliphatic heterocycles. The number of ether oxygens (including phenoxy) is 2. The van der Waals surface area contributed by atoms with Crippen molar-refractivity contribution >= 4 is 10.8 Å². The first kappa shape index (κ1) is 24.5. The highest BCUT2D eigenvalue weighted by Crippen LogP contribution is 2.31. The van der Waals surface area contributed by atoms with Crippen LogP contribution in [-0.4, -0.2) is 35.5 Å². The minimum atomic E-state index is -4.96. The van der Waals surface area contributed by atoms with Crippen molar-refractivity contribution < 1.29 is 35.8 Å². The summed E-state index contributed by atoms with van der Waals surface area (Å²) < 4.78 is 91.9. The van der Waals surface area contributed by atoms with E-state index in [1.807, 2.05) is 6.08 Å². The molecule has 35 heavy (non-hydrogen) atoms. The molecule has 2 atom stereocenters. The summed E-state index contributed by atoms with van der Waals surface area (Å²) in [5.74, 6) is -1.07. The van der Waals surface area contributed by atoms with E-state index >= 15 is 0 Å². The average Bonchev–Trinajstić information content (AvgIpc) is 2.82. The molecule has 0 amide bonds. The maximum atomic E-state index is 14.7. The van der Waals surface area contributed by atoms with Gasteiger partial charge in [-0.3, -0.25) is 0 Å². The summed E-state index contributed by atoms with van der Waals surface area (Å²) in [4.78, 5) is 8.23. The fraction of sp³-hybridized carbons (Fsp3) is 0.280. The summed E-state index contributed by atoms with van der Waals surface area (Å²) in [6, 6.07) is 2.85. The number of hydrogen-bond acceptors (Lipinski definition) is 4. The normalized spacial score (nSPS) is 18.1. The van der Waals surface area contributed by atoms with Crippen molar-refractivity contribution in [3.63, 3.8) is 0 Å². The molecule has 0 spiro atoms. The van der Waals surface area contributed by atoms with Crippen molar-refractivity contribution in [3.8, 4) is 29.0 Å². The van der Waals surface area contributed by atoms with Gasteiger partial charge in [-0.05, 0) is 36.4 Å². The molecule has 0 saturated carbocycles. The van der Waals surface area contributed by atoms with Gasteiger partial charge >= 0.3 is 6.18 Å². The number of halogens is 6. The standard InChI is InChI=1S/C25H18F6N2O2/c1-2-14-3-4-17(34-12-14)13-35-18-10-32-24(33-11-18)16-7-15-8-20(26)19(5-6-25(29,30)31)23(28)22(15)21(27)9-16/h2,7-11,14,17H,1,3-4,12-13H2. The van der Waals surface area contributed by atoms with Crippen molar-refractivity contribution in [2.75, 3.05) is 13.2 Å². The van der Waals surface area contributed by atoms with E-state index in [2.05, 4.69) is 16.5 Å². The molecule has 2 aromatic carbocycles. The molecule has 3 aromatic rings. The predicted octanol–water partition coefficient (Wildman–Crippen LogP) is 5.99. The van der Waals surface area contributed by atoms with Gasteiger partial charge in [-0.15, -0.1) is 6.58 Å². The molecule has 1 aliphatic rings. The van der Waals surface area contributed by atoms with Crippen molar-refractivity contribution in [1.82, 2.24) is 9.97 Å². The van der Waals surface area contributed by atoms with Gasteiger partial charge in [-0.2, -0.15) is 13.2 Å². The lowest BCUT2D eigenvalue weighted by molar-refractivity contribution is -0.0696. The van der Waals surface area contributed by atoms with Crippen molar-refractivity contribution in [3.05, 3.63) is 66.3 Å². The van der Waals surface area contributed by atoms with Crippen molar-refractivity contribution in [2.24, 2.45) is 5.92 Å². The summed E-state index contributed by atoms with van der Waals surface area (Å²) in [5, 5.41) is -0.906. The molecule has 4 nitrogen and oxygen atoms in total. The highest BCUT2D eigenvalue weighted by Gasteiger charge is 2.24. The van der Waals surface area contributed by atoms with Gasteiger partial charge in [-0.1, -0.05) is 12.0 Å². The molecule has 4 rings (SSSR count). The van der Waals surface area contributed by atoms with Crippen LogP contribution in [0.2, 0.25) is 0 Å². The number of hydrogen-bond donors (Lipinski definition) is 0. The maximum Gasteiger partial charge on any atom is 0.458 e. The summed E-state index contributed by atoms with van der Waals surface area (Å²) in [5.41, 5.74) is -1.05. The predicted molar refractivity (Wildman–Crippen MR) is 116 cm³/mol. The van der Waals surface area contributed by atoms with E-state index in [1.165, 1.54) is 24.4 Å². The van der Waals surface area contributed by atoms with E-state index in [1.54, 1.807) is 0 Å². The summed E-state index contributed by atoms with van der Waals surface area (Å²) >= 11 is 0. The second kappa shape index (κ2) is 9.96. The third kappa shape index (κ3) is 5.74. The summed E-state index contributed by atoms with van der Waals surface area (Å²) in [6.45, 7) is 4.64. The Morgan fingerprint density at radius 1 is 1.09 bits per heavy atom. The van der Waals surface area contributed by atoms with E-state index in [0.29, 0.717) is 30.9 Å². The number of aromatic nitrogens is 2. The van der Waals surface area contributed by atoms with Crippen LogP contribution in [0.1, 0.15) is 18.4 Å². The van der Waals surface area contributed by atoms with Gasteiger partial charge in [0.1, 0.15) is 18.2 Å². The summed E-state index contributed by atoms with van der Waals surface area (Å²) in [6.07, 6.45) is 1.36. The quantitative estimate of drug-likeness (QED) is 0.250. The zero-order valence-corrected chi connectivity index (χ0v) is 18.1. The molecule has 10 heteroatoms. The minimum absolute atomic E-state index is 0.0580. The highest BCUT2D eigenvalue weighted by atomic mass is 19.4. The molecule has 1 aromatic heterocycles. The third-order valence-corrected chi connectivity index (χ3v) is 5.47. The topological polar surface area (TPSA) is 44.2 Å². The van der Waals surface area contributed by atoms with Gasteiger partial charge in [0, 0.05) is 17.4 Å². The van der Waals surface area contributed by atoms with Crippen LogP contribution in [0.25, 0.3) is 22.2 Å². The average molecular weight is 492 g/mol. The minimum Gasteiger partial charge on any atom is -0.488 e. The molecule has 1 fully saturated rings. The Labute approximate surface area is 196 Å². The molecular formula is C25H18F6N2O2. The number of benzene rings is 2. The Hall–Kier alpha value is -3.58. The van der Waals surface area contributed by atoms with Crippen LogP contribution < -0.4 is 4.74 Å². The number of alkyl halides is 3. The van der Waals surface area contributed by atoms with E-state index in [-0.39, 0.29) is 22.9 Å². The van der Waals surface area contributed by atoms with Crippen LogP contribution in [0.3, 0.4) is 0 Å². The Morgan fingerprint density at radius 3 is 2.46 bits per heavy atom. The van der Waals surface area contributed by atoms with Gasteiger partial charge in [0.15, 0.2) is 17.4 Å². The number of rotatable bonds is 5. The second-order valence-corrected chi connectivity index (χ2v) is 7.93. The Kier molecular flexibility index (Phi) is 6.98. The van der Waals surface area contributed by atoms with E-state index in [0.717, 1.165) is 24.8 Å². The second-order valence-electron chi connectivity index (χ2n) is 7.93. The van der Waals surface area contributed by atoms with Gasteiger partial charge in [0.2, 0.25) is 0 Å². The lowest BCUT2D eigenvalue weighted by Gasteiger charge is -2.27. The SMILES string of the molecule is C=CC1CCC(COc2cnc(-c3cc(F)c4c(F)c(C#CC(F)(F)F)c(F)cc4c3)nc2)OC1. The molecule has 0 aliphatic carbocycles. The van der Waals surface area contributed by atoms with Gasteiger partial charge < -0.3 is 9.47 Å². The third-order valence-electron chi connectivity index (χ3n) is 5.47. The van der Waals surface area contributed by atoms with Crippen LogP contribution >= 0.6 is 0 Å². The fourth-order valence-electron chi connectivity index (χ4n) is 3.66. The lowest BCUT2D eigenvalue weighted by atomic mass is 9.99. The largest absolute Gasteiger partial charge is 0.488 e. The van der Waals surface area contributed by atoms with E-state index in [9.17, 15) is 26.3 Å². The first-order chi connectivity index (χ1) is 16.6. The molecule has 0 radical (unpaired) electrons. The Bertz CT molecular complexity index is 1300. The monoisotopic (exact) mass is 492 g/mol. The molecule has 1 saturated heterocycles. The van der Waals surface area contributed by atoms with Gasteiger partial charge in [0.25, 0.3) is 0 Å². The zero-order valence-electron chi connectivity index (χ0n) is 18.1. The first-order valence-electron chi connectivity index (χ1n) is 10.5. The maximum absolute atomic E-state index is 14.7. The molecule has 0 bridgehead atoms. The smallest absolute Gasteiger partial charge is 0.458 e. The number of fused-ring (bicyclic) bond motifs is 1. The highest BCUT2D eigenvalue weighted by molar-refractivity contribution is 5.89. The Balaban J connectivity index is 1.54. The Morgan fingerprint density at radius 2 is 1.83 bits per heavy atom. The van der Waals surface area contributed by atoms with Crippen molar-refractivity contribution in [1.29, 1.82) is 0 Å². The van der Waals surface area contributed by atoms with Crippen LogP contribution in [-0.2, 0) is 4.74 Å². The number of nitrogens with zero attached hydrogens (tertiary/aromatic N) is 2. The van der Waals surface area contributed by atoms with Crippen LogP contribution in [0.5, 0.6) is 5.75 Å². The molecule has 2 unspecified atom stereocenters. The molecule has 2 heterocycles. The fourth-order valence-corrected chi connectivity index (χ4v) is 3.66. The summed E-state index contributed by atoms with van der Waals surface area (Å²) in [7, 11) is 0. The van der Waals surface area contributed by atoms with E-state index < -0.39 is 34.6 Å². The van der Waals surface area contributed by atoms with E-state index in [4.69, 9.17) is 9.47 Å². The molecule has 182 valence electrons. The molecular weight excluding hydrogens is 474 g/mol. The lowest BCUT2D eigenvalue weighted by Crippen LogP contribution is -2.29. The first-order valence-corrected chi connectivity index (χ1v) is 10.5. The van der Waals surface area contributed by atoms with Crippen LogP contribution in [0.4, 0.5) is 26.3 Å². The van der Waals surface area contributed by atoms with Gasteiger partial charge in [0.05, 0.1) is 36.1 Å². The van der Waals surface area contributed by atoms with Gasteiger partial charge in [-0.25, -0.2) is 23.1 Å². The van der Waals surface area contributed by atoms with Crippen LogP contribution in [0.15, 0.2) is 43.2 Å². The molecule has 0 N–H and O–H groups in total. The van der Waals surface area contributed by atoms with Crippen molar-refractivity contribution in [2.45, 2.75) is 25.1 Å². The zero-order chi connectivity index (χ0) is 25.2. The van der Waals surface area contributed by atoms with Crippen LogP contribution in [0, 0.1) is 35.2 Å².